The van der Waals surface area contributed by atoms with Gasteiger partial charge < -0.3 is 10.0 Å². The number of pyridine rings is 1. The van der Waals surface area contributed by atoms with E-state index in [0.717, 1.165) is 0 Å². The molecule has 0 amide bonds. The largest absolute Gasteiger partial charge is 0.480 e. The van der Waals surface area contributed by atoms with Crippen LogP contribution in [0.1, 0.15) is 6.92 Å². The molecule has 0 bridgehead atoms. The number of anilines is 1. The maximum atomic E-state index is 10.9. The second kappa shape index (κ2) is 5.58. The van der Waals surface area contributed by atoms with E-state index in [1.54, 1.807) is 6.92 Å². The summed E-state index contributed by atoms with van der Waals surface area (Å²) in [6.45, 7) is 1.70. The molecule has 0 aliphatic carbocycles. The summed E-state index contributed by atoms with van der Waals surface area (Å²) in [5.41, 5.74) is -0.220. The first-order chi connectivity index (χ1) is 7.95. The van der Waals surface area contributed by atoms with Gasteiger partial charge in [0.1, 0.15) is 6.54 Å². The molecule has 1 heterocycles. The Morgan fingerprint density at radius 2 is 2.35 bits per heavy atom. The zero-order chi connectivity index (χ0) is 13.0. The van der Waals surface area contributed by atoms with Gasteiger partial charge in [-0.3, -0.25) is 14.9 Å². The molecule has 0 aliphatic rings. The Morgan fingerprint density at radius 1 is 1.71 bits per heavy atom. The first kappa shape index (κ1) is 13.4. The van der Waals surface area contributed by atoms with Gasteiger partial charge in [-0.2, -0.15) is 0 Å². The van der Waals surface area contributed by atoms with Crippen molar-refractivity contribution in [2.75, 3.05) is 18.0 Å². The molecule has 8 heteroatoms. The summed E-state index contributed by atoms with van der Waals surface area (Å²) >= 11 is 3.08. The van der Waals surface area contributed by atoms with Crippen molar-refractivity contribution < 1.29 is 14.8 Å². The van der Waals surface area contributed by atoms with Gasteiger partial charge in [0.05, 0.1) is 4.92 Å². The number of hydrogen-bond acceptors (Lipinski definition) is 5. The van der Waals surface area contributed by atoms with Crippen LogP contribution >= 0.6 is 15.9 Å². The molecule has 0 aliphatic heterocycles. The summed E-state index contributed by atoms with van der Waals surface area (Å²) < 4.78 is 0.472. The van der Waals surface area contributed by atoms with Gasteiger partial charge in [-0.25, -0.2) is 4.98 Å². The smallest absolute Gasteiger partial charge is 0.323 e. The van der Waals surface area contributed by atoms with Crippen LogP contribution in [0.2, 0.25) is 0 Å². The summed E-state index contributed by atoms with van der Waals surface area (Å²) in [7, 11) is 0. The van der Waals surface area contributed by atoms with Crippen molar-refractivity contribution in [2.45, 2.75) is 6.92 Å². The molecule has 1 aromatic heterocycles. The number of carbonyl (C=O) groups is 1. The highest BCUT2D eigenvalue weighted by molar-refractivity contribution is 9.10. The maximum Gasteiger partial charge on any atom is 0.323 e. The van der Waals surface area contributed by atoms with Gasteiger partial charge >= 0.3 is 11.7 Å². The van der Waals surface area contributed by atoms with Crippen LogP contribution in [0.5, 0.6) is 0 Å². The van der Waals surface area contributed by atoms with Crippen molar-refractivity contribution in [2.24, 2.45) is 0 Å². The third-order valence-electron chi connectivity index (χ3n) is 2.02. The molecule has 17 heavy (non-hydrogen) atoms. The van der Waals surface area contributed by atoms with E-state index in [-0.39, 0.29) is 18.1 Å². The molecule has 0 saturated heterocycles. The second-order valence-electron chi connectivity index (χ2n) is 3.16. The van der Waals surface area contributed by atoms with E-state index in [9.17, 15) is 14.9 Å². The summed E-state index contributed by atoms with van der Waals surface area (Å²) in [4.78, 5) is 26.1. The fourth-order valence-corrected chi connectivity index (χ4v) is 1.62. The van der Waals surface area contributed by atoms with Crippen LogP contribution in [0.3, 0.4) is 0 Å². The number of carboxylic acid groups (broad SMARTS) is 1. The highest BCUT2D eigenvalue weighted by Crippen LogP contribution is 2.28. The van der Waals surface area contributed by atoms with E-state index in [4.69, 9.17) is 5.11 Å². The van der Waals surface area contributed by atoms with Crippen molar-refractivity contribution in [3.05, 3.63) is 26.9 Å². The minimum absolute atomic E-state index is 0.0584. The molecule has 0 aromatic carbocycles. The number of carboxylic acids is 1. The molecule has 1 aromatic rings. The highest BCUT2D eigenvalue weighted by atomic mass is 79.9. The van der Waals surface area contributed by atoms with Gasteiger partial charge in [-0.05, 0) is 22.9 Å². The topological polar surface area (TPSA) is 96.6 Å². The van der Waals surface area contributed by atoms with Gasteiger partial charge in [-0.15, -0.1) is 0 Å². The van der Waals surface area contributed by atoms with E-state index >= 15 is 0 Å². The lowest BCUT2D eigenvalue weighted by Crippen LogP contribution is -2.30. The number of nitro groups is 1. The van der Waals surface area contributed by atoms with Gasteiger partial charge in [0.25, 0.3) is 0 Å². The summed E-state index contributed by atoms with van der Waals surface area (Å²) in [6.07, 6.45) is 1.40. The number of hydrogen-bond donors (Lipinski definition) is 1. The lowest BCUT2D eigenvalue weighted by molar-refractivity contribution is -0.384. The summed E-state index contributed by atoms with van der Waals surface area (Å²) in [5, 5.41) is 19.6. The number of rotatable bonds is 5. The van der Waals surface area contributed by atoms with Crippen molar-refractivity contribution in [1.29, 1.82) is 0 Å². The average Bonchev–Trinajstić information content (AvgIpc) is 2.25. The molecule has 92 valence electrons. The van der Waals surface area contributed by atoms with Gasteiger partial charge in [0, 0.05) is 23.3 Å². The molecule has 0 radical (unpaired) electrons. The zero-order valence-electron chi connectivity index (χ0n) is 8.96. The Bertz CT molecular complexity index is 452. The molecule has 0 fully saturated rings. The third kappa shape index (κ3) is 3.38. The summed E-state index contributed by atoms with van der Waals surface area (Å²) in [6, 6.07) is 1.30. The molecule has 1 N–H and O–H groups in total. The molecule has 0 spiro atoms. The minimum atomic E-state index is -1.06. The van der Waals surface area contributed by atoms with E-state index < -0.39 is 10.9 Å². The van der Waals surface area contributed by atoms with Crippen LogP contribution in [0.4, 0.5) is 11.5 Å². The maximum absolute atomic E-state index is 10.9. The molecule has 7 nitrogen and oxygen atoms in total. The van der Waals surface area contributed by atoms with Crippen LogP contribution in [0, 0.1) is 10.1 Å². The molecule has 1 rings (SSSR count). The molecule has 0 unspecified atom stereocenters. The standard InChI is InChI=1S/C9H10BrN3O4/c1-2-12(5-8(14)15)9-7(13(16)17)3-6(10)4-11-9/h3-4H,2,5H2,1H3,(H,14,15). The Morgan fingerprint density at radius 3 is 2.82 bits per heavy atom. The average molecular weight is 304 g/mol. The van der Waals surface area contributed by atoms with Gasteiger partial charge in [0.2, 0.25) is 5.82 Å². The Labute approximate surface area is 105 Å². The zero-order valence-corrected chi connectivity index (χ0v) is 10.5. The van der Waals surface area contributed by atoms with Crippen molar-refractivity contribution in [1.82, 2.24) is 4.98 Å². The fraction of sp³-hybridized carbons (Fsp3) is 0.333. The predicted molar refractivity (Wildman–Crippen MR) is 64.1 cm³/mol. The second-order valence-corrected chi connectivity index (χ2v) is 4.08. The fourth-order valence-electron chi connectivity index (χ4n) is 1.30. The highest BCUT2D eigenvalue weighted by Gasteiger charge is 2.22. The van der Waals surface area contributed by atoms with Crippen molar-refractivity contribution in [3.63, 3.8) is 0 Å². The van der Waals surface area contributed by atoms with Crippen LogP contribution in [-0.4, -0.2) is 34.1 Å². The number of aromatic nitrogens is 1. The van der Waals surface area contributed by atoms with Crippen molar-refractivity contribution >= 4 is 33.4 Å². The third-order valence-corrected chi connectivity index (χ3v) is 2.45. The van der Waals surface area contributed by atoms with Crippen LogP contribution < -0.4 is 4.90 Å². The Balaban J connectivity index is 3.18. The van der Waals surface area contributed by atoms with Crippen LogP contribution in [0.25, 0.3) is 0 Å². The first-order valence-electron chi connectivity index (χ1n) is 4.72. The first-order valence-corrected chi connectivity index (χ1v) is 5.51. The SMILES string of the molecule is CCN(CC(=O)O)c1ncc(Br)cc1[N+](=O)[O-]. The van der Waals surface area contributed by atoms with E-state index in [1.807, 2.05) is 0 Å². The number of halogens is 1. The van der Waals surface area contributed by atoms with Crippen LogP contribution in [-0.2, 0) is 4.79 Å². The minimum Gasteiger partial charge on any atom is -0.480 e. The Hall–Kier alpha value is -1.70. The molecule has 0 atom stereocenters. The molecular formula is C9H10BrN3O4. The molecule has 0 saturated carbocycles. The Kier molecular flexibility index (Phi) is 4.38. The molecular weight excluding hydrogens is 294 g/mol. The van der Waals surface area contributed by atoms with Crippen LogP contribution in [0.15, 0.2) is 16.7 Å². The lowest BCUT2D eigenvalue weighted by atomic mass is 10.3. The summed E-state index contributed by atoms with van der Waals surface area (Å²) in [5.74, 6) is -1.01. The number of nitrogens with zero attached hydrogens (tertiary/aromatic N) is 3. The quantitative estimate of drug-likeness (QED) is 0.656. The van der Waals surface area contributed by atoms with E-state index in [0.29, 0.717) is 11.0 Å². The van der Waals surface area contributed by atoms with E-state index in [2.05, 4.69) is 20.9 Å². The van der Waals surface area contributed by atoms with Gasteiger partial charge in [-0.1, -0.05) is 0 Å². The monoisotopic (exact) mass is 303 g/mol. The van der Waals surface area contributed by atoms with E-state index in [1.165, 1.54) is 17.2 Å². The number of aliphatic carboxylic acids is 1. The number of likely N-dealkylation sites (N-methyl/N-ethyl adjacent to an activating group) is 1. The normalized spacial score (nSPS) is 10.0. The van der Waals surface area contributed by atoms with Gasteiger partial charge in [0.15, 0.2) is 0 Å². The lowest BCUT2D eigenvalue weighted by Gasteiger charge is -2.19. The predicted octanol–water partition coefficient (Wildman–Crippen LogP) is 1.66. The van der Waals surface area contributed by atoms with Crippen molar-refractivity contribution in [3.8, 4) is 0 Å².